The minimum atomic E-state index is -0.855. The molecule has 0 aromatic heterocycles. The predicted octanol–water partition coefficient (Wildman–Crippen LogP) is 2.53. The molecule has 0 radical (unpaired) electrons. The van der Waals surface area contributed by atoms with Gasteiger partial charge in [-0.05, 0) is 44.7 Å². The summed E-state index contributed by atoms with van der Waals surface area (Å²) in [5, 5.41) is 5.70. The minimum absolute atomic E-state index is 0.0633. The second-order valence-electron chi connectivity index (χ2n) is 8.85. The second kappa shape index (κ2) is 8.40. The van der Waals surface area contributed by atoms with Gasteiger partial charge in [-0.3, -0.25) is 14.5 Å². The summed E-state index contributed by atoms with van der Waals surface area (Å²) in [6.45, 7) is 6.37. The first-order valence-electron chi connectivity index (χ1n) is 11.2. The number of carbonyl (C=O) groups excluding carboxylic acids is 3. The average molecular weight is 430 g/mol. The van der Waals surface area contributed by atoms with Gasteiger partial charge in [0.15, 0.2) is 0 Å². The van der Waals surface area contributed by atoms with E-state index >= 15 is 0 Å². The smallest absolute Gasteiger partial charge is 0.325 e. The number of hydrogen-bond acceptors (Lipinski definition) is 5. The molecule has 2 heterocycles. The molecule has 1 aromatic carbocycles. The zero-order chi connectivity index (χ0) is 22.2. The number of ether oxygens (including phenoxy) is 2. The summed E-state index contributed by atoms with van der Waals surface area (Å²) in [4.78, 5) is 39.2. The fraction of sp³-hybridized carbons (Fsp3) is 0.609. The molecule has 2 fully saturated rings. The average Bonchev–Trinajstić information content (AvgIpc) is 3.20. The Balaban J connectivity index is 1.41. The summed E-state index contributed by atoms with van der Waals surface area (Å²) < 4.78 is 11.6. The van der Waals surface area contributed by atoms with Crippen LogP contribution in [-0.2, 0) is 22.6 Å². The van der Waals surface area contributed by atoms with E-state index in [1.807, 2.05) is 32.9 Å². The Hall–Kier alpha value is -2.77. The van der Waals surface area contributed by atoms with Gasteiger partial charge in [0.2, 0.25) is 5.91 Å². The molecule has 1 spiro atoms. The van der Waals surface area contributed by atoms with Crippen LogP contribution in [0.2, 0.25) is 0 Å². The number of rotatable bonds is 6. The maximum absolute atomic E-state index is 13.0. The first kappa shape index (κ1) is 21.5. The minimum Gasteiger partial charge on any atom is -0.494 e. The number of imide groups is 1. The number of urea groups is 1. The SMILES string of the molecule is CCOc1cc2c(cc1CNC(=O)CN1C(=O)N[C@]3(CCCC[C@@H]3C)C1=O)O[C@H](C)C2. The van der Waals surface area contributed by atoms with Crippen molar-refractivity contribution in [3.63, 3.8) is 0 Å². The van der Waals surface area contributed by atoms with Crippen LogP contribution in [0.1, 0.15) is 57.6 Å². The molecule has 0 unspecified atom stereocenters. The van der Waals surface area contributed by atoms with Crippen LogP contribution in [-0.4, -0.2) is 47.5 Å². The zero-order valence-corrected chi connectivity index (χ0v) is 18.5. The molecule has 2 aliphatic heterocycles. The molecular formula is C23H31N3O5. The third-order valence-corrected chi connectivity index (χ3v) is 6.66. The van der Waals surface area contributed by atoms with Crippen LogP contribution < -0.4 is 20.1 Å². The molecule has 31 heavy (non-hydrogen) atoms. The fourth-order valence-electron chi connectivity index (χ4n) is 4.94. The monoisotopic (exact) mass is 429 g/mol. The Bertz CT molecular complexity index is 901. The van der Waals surface area contributed by atoms with Gasteiger partial charge in [0.1, 0.15) is 29.7 Å². The molecule has 1 saturated carbocycles. The van der Waals surface area contributed by atoms with E-state index in [1.54, 1.807) is 0 Å². The summed E-state index contributed by atoms with van der Waals surface area (Å²) in [6, 6.07) is 3.38. The van der Waals surface area contributed by atoms with Crippen molar-refractivity contribution in [1.29, 1.82) is 0 Å². The van der Waals surface area contributed by atoms with E-state index in [1.165, 1.54) is 0 Å². The quantitative estimate of drug-likeness (QED) is 0.678. The van der Waals surface area contributed by atoms with Crippen LogP contribution >= 0.6 is 0 Å². The molecule has 1 aromatic rings. The summed E-state index contributed by atoms with van der Waals surface area (Å²) in [5.41, 5.74) is 1.04. The Morgan fingerprint density at radius 1 is 1.32 bits per heavy atom. The molecule has 8 heteroatoms. The fourth-order valence-corrected chi connectivity index (χ4v) is 4.94. The topological polar surface area (TPSA) is 97.0 Å². The lowest BCUT2D eigenvalue weighted by molar-refractivity contribution is -0.137. The lowest BCUT2D eigenvalue weighted by atomic mass is 9.73. The second-order valence-corrected chi connectivity index (χ2v) is 8.85. The molecule has 0 bridgehead atoms. The molecule has 4 amide bonds. The third-order valence-electron chi connectivity index (χ3n) is 6.66. The van der Waals surface area contributed by atoms with Crippen LogP contribution in [0.15, 0.2) is 12.1 Å². The van der Waals surface area contributed by atoms with Crippen molar-refractivity contribution in [3.8, 4) is 11.5 Å². The number of amides is 4. The van der Waals surface area contributed by atoms with Crippen molar-refractivity contribution in [2.75, 3.05) is 13.2 Å². The molecular weight excluding hydrogens is 398 g/mol. The number of nitrogens with zero attached hydrogens (tertiary/aromatic N) is 1. The van der Waals surface area contributed by atoms with Crippen molar-refractivity contribution in [2.45, 2.75) is 71.1 Å². The molecule has 2 N–H and O–H groups in total. The largest absolute Gasteiger partial charge is 0.494 e. The van der Waals surface area contributed by atoms with Gasteiger partial charge in [-0.15, -0.1) is 0 Å². The predicted molar refractivity (Wildman–Crippen MR) is 114 cm³/mol. The van der Waals surface area contributed by atoms with Crippen molar-refractivity contribution < 1.29 is 23.9 Å². The van der Waals surface area contributed by atoms with E-state index in [0.717, 1.165) is 47.5 Å². The maximum Gasteiger partial charge on any atom is 0.325 e. The van der Waals surface area contributed by atoms with Crippen LogP contribution in [0.25, 0.3) is 0 Å². The molecule has 1 aliphatic carbocycles. The lowest BCUT2D eigenvalue weighted by Crippen LogP contribution is -2.54. The third kappa shape index (κ3) is 3.95. The molecule has 3 atom stereocenters. The number of nitrogens with one attached hydrogen (secondary N) is 2. The Kier molecular flexibility index (Phi) is 5.81. The van der Waals surface area contributed by atoms with Gasteiger partial charge in [-0.1, -0.05) is 19.8 Å². The van der Waals surface area contributed by atoms with Gasteiger partial charge in [0.05, 0.1) is 6.61 Å². The van der Waals surface area contributed by atoms with Crippen molar-refractivity contribution in [3.05, 3.63) is 23.3 Å². The first-order chi connectivity index (χ1) is 14.8. The van der Waals surface area contributed by atoms with Crippen molar-refractivity contribution in [2.24, 2.45) is 5.92 Å². The van der Waals surface area contributed by atoms with Crippen molar-refractivity contribution >= 4 is 17.8 Å². The normalized spacial score (nSPS) is 27.1. The highest BCUT2D eigenvalue weighted by molar-refractivity contribution is 6.09. The Morgan fingerprint density at radius 2 is 2.13 bits per heavy atom. The molecule has 4 rings (SSSR count). The van der Waals surface area contributed by atoms with Crippen LogP contribution in [0, 0.1) is 5.92 Å². The highest BCUT2D eigenvalue weighted by Crippen LogP contribution is 2.38. The van der Waals surface area contributed by atoms with E-state index < -0.39 is 11.6 Å². The highest BCUT2D eigenvalue weighted by Gasteiger charge is 2.55. The zero-order valence-electron chi connectivity index (χ0n) is 18.5. The van der Waals surface area contributed by atoms with Crippen molar-refractivity contribution in [1.82, 2.24) is 15.5 Å². The van der Waals surface area contributed by atoms with Gasteiger partial charge >= 0.3 is 6.03 Å². The Morgan fingerprint density at radius 3 is 2.87 bits per heavy atom. The number of fused-ring (bicyclic) bond motifs is 1. The van der Waals surface area contributed by atoms with E-state index in [-0.39, 0.29) is 36.9 Å². The van der Waals surface area contributed by atoms with Crippen LogP contribution in [0.4, 0.5) is 4.79 Å². The number of hydrogen-bond donors (Lipinski definition) is 2. The summed E-state index contributed by atoms with van der Waals surface area (Å²) in [5.74, 6) is 0.913. The van der Waals surface area contributed by atoms with Gasteiger partial charge < -0.3 is 20.1 Å². The lowest BCUT2D eigenvalue weighted by Gasteiger charge is -2.36. The van der Waals surface area contributed by atoms with E-state index in [2.05, 4.69) is 10.6 Å². The molecule has 1 saturated heterocycles. The van der Waals surface area contributed by atoms with Crippen LogP contribution in [0.5, 0.6) is 11.5 Å². The van der Waals surface area contributed by atoms with E-state index in [4.69, 9.17) is 9.47 Å². The molecule has 168 valence electrons. The van der Waals surface area contributed by atoms with Gasteiger partial charge in [-0.25, -0.2) is 4.79 Å². The summed E-state index contributed by atoms with van der Waals surface area (Å²) in [7, 11) is 0. The van der Waals surface area contributed by atoms with Gasteiger partial charge in [-0.2, -0.15) is 0 Å². The molecule has 8 nitrogen and oxygen atoms in total. The van der Waals surface area contributed by atoms with Gasteiger partial charge in [0.25, 0.3) is 5.91 Å². The first-order valence-corrected chi connectivity index (χ1v) is 11.2. The van der Waals surface area contributed by atoms with Crippen LogP contribution in [0.3, 0.4) is 0 Å². The van der Waals surface area contributed by atoms with E-state index in [0.29, 0.717) is 18.8 Å². The van der Waals surface area contributed by atoms with E-state index in [9.17, 15) is 14.4 Å². The summed E-state index contributed by atoms with van der Waals surface area (Å²) in [6.07, 6.45) is 4.42. The molecule has 3 aliphatic rings. The maximum atomic E-state index is 13.0. The summed E-state index contributed by atoms with van der Waals surface area (Å²) >= 11 is 0. The standard InChI is InChI=1S/C23H31N3O5/c1-4-30-18-10-16-9-15(3)31-19(16)11-17(18)12-24-20(27)13-26-21(28)23(25-22(26)29)8-6-5-7-14(23)2/h10-11,14-15H,4-9,12-13H2,1-3H3,(H,24,27)(H,25,29)/t14-,15+,23-/m0/s1. The highest BCUT2D eigenvalue weighted by atomic mass is 16.5. The number of carbonyl (C=O) groups is 3. The Labute approximate surface area is 182 Å². The van der Waals surface area contributed by atoms with Gasteiger partial charge in [0, 0.05) is 24.1 Å². The number of benzene rings is 1.